The summed E-state index contributed by atoms with van der Waals surface area (Å²) in [4.78, 5) is 7.36. The van der Waals surface area contributed by atoms with E-state index in [-0.39, 0.29) is 4.90 Å². The quantitative estimate of drug-likeness (QED) is 0.0354. The van der Waals surface area contributed by atoms with Crippen molar-refractivity contribution in [2.75, 3.05) is 22.1 Å². The molecule has 14 heteroatoms. The van der Waals surface area contributed by atoms with E-state index in [1.807, 2.05) is 67.2 Å². The molecule has 0 bridgehead atoms. The number of aryl methyl sites for hydroxylation is 1. The Morgan fingerprint density at radius 2 is 1.18 bits per heavy atom. The van der Waals surface area contributed by atoms with E-state index in [9.17, 15) is 8.42 Å². The van der Waals surface area contributed by atoms with Crippen LogP contribution in [0.4, 0.5) is 34.1 Å². The first-order valence-corrected chi connectivity index (χ1v) is 22.5. The maximum atomic E-state index is 12.4. The number of nitrogens with one attached hydrogen (secondary N) is 3. The number of nitrogen functional groups attached to an aromatic ring is 2. The van der Waals surface area contributed by atoms with E-state index in [1.165, 1.54) is 43.3 Å². The molecule has 9 N–H and O–H groups in total. The van der Waals surface area contributed by atoms with E-state index in [0.717, 1.165) is 33.1 Å². The van der Waals surface area contributed by atoms with Gasteiger partial charge >= 0.3 is 7.12 Å². The lowest BCUT2D eigenvalue weighted by Crippen LogP contribution is -2.29. The van der Waals surface area contributed by atoms with Crippen molar-refractivity contribution in [3.63, 3.8) is 0 Å². The normalized spacial score (nSPS) is 12.8. The van der Waals surface area contributed by atoms with Crippen LogP contribution >= 0.6 is 23.5 Å². The van der Waals surface area contributed by atoms with Crippen LogP contribution in [0.5, 0.6) is 0 Å². The summed E-state index contributed by atoms with van der Waals surface area (Å²) in [6.45, 7) is 5.91. The lowest BCUT2D eigenvalue weighted by molar-refractivity contribution is 0.426. The molecule has 308 valence electrons. The summed E-state index contributed by atoms with van der Waals surface area (Å²) in [6, 6.07) is 50.5. The van der Waals surface area contributed by atoms with E-state index in [1.54, 1.807) is 61.2 Å². The van der Waals surface area contributed by atoms with Crippen LogP contribution in [-0.4, -0.2) is 31.3 Å². The van der Waals surface area contributed by atoms with Gasteiger partial charge in [-0.1, -0.05) is 109 Å². The highest BCUT2D eigenvalue weighted by Gasteiger charge is 2.19. The van der Waals surface area contributed by atoms with Gasteiger partial charge in [-0.3, -0.25) is 0 Å². The third kappa shape index (κ3) is 10.8. The highest BCUT2D eigenvalue weighted by molar-refractivity contribution is 8.00. The zero-order valence-corrected chi connectivity index (χ0v) is 36.2. The minimum absolute atomic E-state index is 0.190. The Morgan fingerprint density at radius 1 is 0.639 bits per heavy atom. The topological polar surface area (TPSA) is 175 Å². The molecule has 10 nitrogen and oxygen atoms in total. The Labute approximate surface area is 365 Å². The number of para-hydroxylation sites is 2. The second-order valence-corrected chi connectivity index (χ2v) is 18.3. The number of nitrogens with two attached hydrogens (primary N) is 2. The Hall–Kier alpha value is -6.16. The van der Waals surface area contributed by atoms with Gasteiger partial charge in [-0.25, -0.2) is 0 Å². The van der Waals surface area contributed by atoms with Crippen LogP contribution < -0.4 is 32.4 Å². The summed E-state index contributed by atoms with van der Waals surface area (Å²) < 4.78 is 24.8. The van der Waals surface area contributed by atoms with E-state index >= 15 is 0 Å². The number of nitrogens with zero attached hydrogens (tertiary/aromatic N) is 1. The molecular formula is C47H45BN6O4S3. The fourth-order valence-corrected chi connectivity index (χ4v) is 9.29. The number of fused-ring (bicyclic) bond motifs is 4. The molecule has 61 heavy (non-hydrogen) atoms. The van der Waals surface area contributed by atoms with Crippen LogP contribution in [0.3, 0.4) is 0 Å². The molecule has 9 rings (SSSR count). The minimum Gasteiger partial charge on any atom is -0.423 e. The molecule has 1 unspecified atom stereocenters. The van der Waals surface area contributed by atoms with E-state index < -0.39 is 17.1 Å². The smallest absolute Gasteiger partial charge is 0.423 e. The standard InChI is InChI=1S/C21H19N3O2S2.C20H18N2S.C6H8BNO2/c1-14-7-10-17(11-8-14)28(25,26)24-23-15(2)16-9-12-21-19(13-16)22-18-5-3-4-6-20(18)27-21;1-13(14-5-4-6-16(21)11-14)15-9-10-20-18(12-15)22-17-7-2-3-8-19(17)23-20;8-6-3-1-2-5(4-6)7(9)10/h3-13,22,24H,1-2H3;2-13,22H,21H2,1H3;1-4,9-10H,8H2/b23-15+;;. The van der Waals surface area contributed by atoms with Gasteiger partial charge in [0.25, 0.3) is 10.0 Å². The molecule has 0 radical (unpaired) electrons. The molecule has 7 aromatic rings. The number of hydrazone groups is 1. The summed E-state index contributed by atoms with van der Waals surface area (Å²) in [5.41, 5.74) is 22.4. The third-order valence-corrected chi connectivity index (χ3v) is 13.5. The predicted molar refractivity (Wildman–Crippen MR) is 253 cm³/mol. The van der Waals surface area contributed by atoms with E-state index in [2.05, 4.69) is 88.2 Å². The average molecular weight is 865 g/mol. The van der Waals surface area contributed by atoms with Crippen molar-refractivity contribution in [3.05, 3.63) is 180 Å². The van der Waals surface area contributed by atoms with Gasteiger partial charge in [0.05, 0.1) is 33.4 Å². The van der Waals surface area contributed by atoms with Crippen LogP contribution in [-0.2, 0) is 10.0 Å². The Bertz CT molecular complexity index is 2820. The third-order valence-electron chi connectivity index (χ3n) is 9.94. The molecule has 2 heterocycles. The number of sulfonamides is 1. The van der Waals surface area contributed by atoms with Gasteiger partial charge in [0, 0.05) is 36.9 Å². The molecule has 0 saturated carbocycles. The zero-order valence-electron chi connectivity index (χ0n) is 33.7. The van der Waals surface area contributed by atoms with Crippen molar-refractivity contribution in [1.82, 2.24) is 4.83 Å². The van der Waals surface area contributed by atoms with Gasteiger partial charge in [0.15, 0.2) is 0 Å². The highest BCUT2D eigenvalue weighted by Crippen LogP contribution is 2.46. The fraction of sp³-hybridized carbons (Fsp3) is 0.0851. The first-order chi connectivity index (χ1) is 29.3. The Morgan fingerprint density at radius 3 is 1.77 bits per heavy atom. The summed E-state index contributed by atoms with van der Waals surface area (Å²) >= 11 is 3.52. The van der Waals surface area contributed by atoms with Crippen LogP contribution in [0, 0.1) is 6.92 Å². The molecule has 2 aliphatic heterocycles. The summed E-state index contributed by atoms with van der Waals surface area (Å²) in [6.07, 6.45) is 0. The second kappa shape index (κ2) is 19.0. The summed E-state index contributed by atoms with van der Waals surface area (Å²) in [5.74, 6) is 0.313. The molecule has 0 saturated heterocycles. The number of hydrogen-bond donors (Lipinski definition) is 7. The van der Waals surface area contributed by atoms with Gasteiger partial charge < -0.3 is 32.1 Å². The van der Waals surface area contributed by atoms with Crippen molar-refractivity contribution in [1.29, 1.82) is 0 Å². The van der Waals surface area contributed by atoms with Crippen molar-refractivity contribution in [3.8, 4) is 0 Å². The molecular weight excluding hydrogens is 820 g/mol. The van der Waals surface area contributed by atoms with Crippen molar-refractivity contribution in [2.24, 2.45) is 5.10 Å². The zero-order chi connectivity index (χ0) is 43.1. The average Bonchev–Trinajstić information content (AvgIpc) is 3.26. The molecule has 2 aliphatic rings. The molecule has 7 aromatic carbocycles. The van der Waals surface area contributed by atoms with Gasteiger partial charge in [-0.05, 0) is 121 Å². The molecule has 0 aromatic heterocycles. The Balaban J connectivity index is 0.000000152. The predicted octanol–water partition coefficient (Wildman–Crippen LogP) is 9.48. The number of anilines is 6. The van der Waals surface area contributed by atoms with Crippen molar-refractivity contribution in [2.45, 2.75) is 51.2 Å². The second-order valence-electron chi connectivity index (χ2n) is 14.5. The van der Waals surface area contributed by atoms with E-state index in [4.69, 9.17) is 21.5 Å². The summed E-state index contributed by atoms with van der Waals surface area (Å²) in [5, 5.41) is 28.4. The van der Waals surface area contributed by atoms with Gasteiger partial charge in [0.1, 0.15) is 0 Å². The monoisotopic (exact) mass is 864 g/mol. The van der Waals surface area contributed by atoms with Crippen LogP contribution in [0.1, 0.15) is 42.0 Å². The number of benzene rings is 7. The molecule has 0 spiro atoms. The molecule has 0 fully saturated rings. The lowest BCUT2D eigenvalue weighted by Gasteiger charge is -2.22. The maximum absolute atomic E-state index is 12.4. The Kier molecular flexibility index (Phi) is 13.4. The highest BCUT2D eigenvalue weighted by atomic mass is 32.2. The van der Waals surface area contributed by atoms with Crippen LogP contribution in [0.25, 0.3) is 0 Å². The fourth-order valence-electron chi connectivity index (χ4n) is 6.49. The van der Waals surface area contributed by atoms with E-state index in [0.29, 0.717) is 22.8 Å². The van der Waals surface area contributed by atoms with Gasteiger partial charge in [0.2, 0.25) is 0 Å². The first kappa shape index (κ1) is 43.0. The van der Waals surface area contributed by atoms with Crippen LogP contribution in [0.15, 0.2) is 187 Å². The van der Waals surface area contributed by atoms with Crippen LogP contribution in [0.2, 0.25) is 0 Å². The number of hydrogen-bond acceptors (Lipinski definition) is 11. The van der Waals surface area contributed by atoms with Gasteiger partial charge in [-0.2, -0.15) is 18.4 Å². The van der Waals surface area contributed by atoms with Crippen molar-refractivity contribution >= 4 is 86.0 Å². The largest absolute Gasteiger partial charge is 0.488 e. The lowest BCUT2D eigenvalue weighted by atomic mass is 9.80. The molecule has 0 aliphatic carbocycles. The minimum atomic E-state index is -3.69. The summed E-state index contributed by atoms with van der Waals surface area (Å²) in [7, 11) is -5.12. The first-order valence-electron chi connectivity index (χ1n) is 19.4. The molecule has 1 atom stereocenters. The molecule has 0 amide bonds. The SMILES string of the molecule is C/C(=N\NS(=O)(=O)c1ccc(C)cc1)c1ccc2c(c1)Nc1ccccc1S2.CC(c1cccc(N)c1)c1ccc2c(c1)Nc1ccccc1S2.Nc1cccc(B(O)O)c1. The van der Waals surface area contributed by atoms with Crippen molar-refractivity contribution < 1.29 is 18.5 Å². The van der Waals surface area contributed by atoms with Gasteiger partial charge in [-0.15, -0.1) is 0 Å². The number of rotatable bonds is 7. The maximum Gasteiger partial charge on any atom is 0.488 e.